The van der Waals surface area contributed by atoms with E-state index in [0.29, 0.717) is 23.7 Å². The van der Waals surface area contributed by atoms with Crippen LogP contribution in [0.15, 0.2) is 66.9 Å². The van der Waals surface area contributed by atoms with Crippen LogP contribution in [0.5, 0.6) is 5.75 Å². The first kappa shape index (κ1) is 24.1. The maximum absolute atomic E-state index is 9.10. The second kappa shape index (κ2) is 11.5. The Kier molecular flexibility index (Phi) is 7.68. The number of hydrogen-bond donors (Lipinski definition) is 2. The number of piperidine rings is 1. The molecular formula is C30H35N5O. The zero-order valence-electron chi connectivity index (χ0n) is 21.0. The Morgan fingerprint density at radius 3 is 2.58 bits per heavy atom. The van der Waals surface area contributed by atoms with E-state index in [4.69, 9.17) is 10.00 Å². The smallest absolute Gasteiger partial charge is 0.126 e. The highest BCUT2D eigenvalue weighted by atomic mass is 16.5. The maximum Gasteiger partial charge on any atom is 0.126 e. The van der Waals surface area contributed by atoms with Gasteiger partial charge in [-0.1, -0.05) is 31.0 Å². The average Bonchev–Trinajstić information content (AvgIpc) is 2.94. The lowest BCUT2D eigenvalue weighted by Crippen LogP contribution is -2.54. The van der Waals surface area contributed by atoms with Crippen LogP contribution >= 0.6 is 0 Å². The van der Waals surface area contributed by atoms with Crippen LogP contribution in [0.1, 0.15) is 44.1 Å². The maximum atomic E-state index is 9.10. The summed E-state index contributed by atoms with van der Waals surface area (Å²) >= 11 is 0. The lowest BCUT2D eigenvalue weighted by molar-refractivity contribution is 0.293. The molecule has 2 N–H and O–H groups in total. The highest BCUT2D eigenvalue weighted by Crippen LogP contribution is 2.31. The fourth-order valence-electron chi connectivity index (χ4n) is 5.65. The van der Waals surface area contributed by atoms with Gasteiger partial charge in [0.05, 0.1) is 18.7 Å². The van der Waals surface area contributed by atoms with Crippen molar-refractivity contribution in [1.82, 2.24) is 10.3 Å². The molecule has 2 aliphatic rings. The van der Waals surface area contributed by atoms with Gasteiger partial charge in [0.2, 0.25) is 0 Å². The molecule has 0 radical (unpaired) electrons. The van der Waals surface area contributed by atoms with E-state index in [-0.39, 0.29) is 0 Å². The minimum Gasteiger partial charge on any atom is -0.496 e. The van der Waals surface area contributed by atoms with Crippen molar-refractivity contribution in [2.24, 2.45) is 0 Å². The largest absolute Gasteiger partial charge is 0.496 e. The second-order valence-electron chi connectivity index (χ2n) is 9.88. The van der Waals surface area contributed by atoms with E-state index in [0.717, 1.165) is 42.2 Å². The molecule has 6 heteroatoms. The molecule has 3 atom stereocenters. The first-order valence-corrected chi connectivity index (χ1v) is 13.1. The first-order chi connectivity index (χ1) is 17.7. The van der Waals surface area contributed by atoms with E-state index >= 15 is 0 Å². The Bertz CT molecular complexity index is 1190. The predicted molar refractivity (Wildman–Crippen MR) is 145 cm³/mol. The Balaban J connectivity index is 1.25. The van der Waals surface area contributed by atoms with Crippen molar-refractivity contribution in [2.75, 3.05) is 30.4 Å². The summed E-state index contributed by atoms with van der Waals surface area (Å²) in [6, 6.07) is 23.7. The van der Waals surface area contributed by atoms with Crippen molar-refractivity contribution in [3.63, 3.8) is 0 Å². The number of nitriles is 1. The van der Waals surface area contributed by atoms with Gasteiger partial charge in [-0.05, 0) is 73.7 Å². The lowest BCUT2D eigenvalue weighted by Gasteiger charge is -2.40. The normalized spacial score (nSPS) is 22.0. The molecule has 2 aromatic carbocycles. The number of pyridine rings is 1. The van der Waals surface area contributed by atoms with Gasteiger partial charge in [0.15, 0.2) is 0 Å². The highest BCUT2D eigenvalue weighted by Gasteiger charge is 2.29. The Morgan fingerprint density at radius 2 is 1.78 bits per heavy atom. The third kappa shape index (κ3) is 5.63. The third-order valence-corrected chi connectivity index (χ3v) is 7.51. The van der Waals surface area contributed by atoms with Crippen LogP contribution in [0.25, 0.3) is 11.1 Å². The highest BCUT2D eigenvalue weighted by molar-refractivity contribution is 5.72. The third-order valence-electron chi connectivity index (χ3n) is 7.51. The van der Waals surface area contributed by atoms with Gasteiger partial charge in [-0.25, -0.2) is 4.98 Å². The van der Waals surface area contributed by atoms with Crippen molar-refractivity contribution < 1.29 is 4.74 Å². The zero-order valence-corrected chi connectivity index (χ0v) is 21.0. The molecule has 1 aromatic heterocycles. The molecule has 2 heterocycles. The number of para-hydroxylation sites is 1. The number of benzene rings is 2. The molecule has 1 aliphatic carbocycles. The Labute approximate surface area is 214 Å². The van der Waals surface area contributed by atoms with Gasteiger partial charge in [-0.15, -0.1) is 0 Å². The molecule has 186 valence electrons. The van der Waals surface area contributed by atoms with Crippen molar-refractivity contribution in [1.29, 1.82) is 5.26 Å². The van der Waals surface area contributed by atoms with Crippen LogP contribution in [0.4, 0.5) is 11.5 Å². The van der Waals surface area contributed by atoms with Crippen molar-refractivity contribution in [3.05, 3.63) is 72.4 Å². The molecule has 1 aliphatic heterocycles. The number of rotatable bonds is 7. The lowest BCUT2D eigenvalue weighted by atomic mass is 9.89. The standard InChI is InChI=1S/C30H35N5O/c1-36-29-11-5-2-8-26(29)23-16-17-32-30(19-23)34-28-10-4-3-9-27(28)33-24-7-6-18-35(21-24)25-14-12-22(20-31)13-15-25/h2,5,8,11-17,19,24,27-28,33H,3-4,6-7,9-10,18,21H2,1H3,(H,32,34)/t24-,27+,28+/m0/s1. The summed E-state index contributed by atoms with van der Waals surface area (Å²) in [5, 5.41) is 16.9. The molecule has 5 rings (SSSR count). The summed E-state index contributed by atoms with van der Waals surface area (Å²) in [6.07, 6.45) is 9.07. The fraction of sp³-hybridized carbons (Fsp3) is 0.400. The van der Waals surface area contributed by atoms with Gasteiger partial charge in [0, 0.05) is 48.7 Å². The Morgan fingerprint density at radius 1 is 0.972 bits per heavy atom. The van der Waals surface area contributed by atoms with Crippen LogP contribution in [-0.2, 0) is 0 Å². The average molecular weight is 482 g/mol. The summed E-state index contributed by atoms with van der Waals surface area (Å²) < 4.78 is 5.57. The van der Waals surface area contributed by atoms with E-state index in [2.05, 4.69) is 50.9 Å². The van der Waals surface area contributed by atoms with Crippen LogP contribution in [-0.4, -0.2) is 43.3 Å². The number of ether oxygens (including phenoxy) is 1. The van der Waals surface area contributed by atoms with E-state index in [1.807, 2.05) is 42.6 Å². The molecule has 0 unspecified atom stereocenters. The number of nitrogens with zero attached hydrogens (tertiary/aromatic N) is 3. The summed E-state index contributed by atoms with van der Waals surface area (Å²) in [5.74, 6) is 1.79. The Hall–Kier alpha value is -3.56. The van der Waals surface area contributed by atoms with Gasteiger partial charge >= 0.3 is 0 Å². The number of aromatic nitrogens is 1. The number of nitrogens with one attached hydrogen (secondary N) is 2. The summed E-state index contributed by atoms with van der Waals surface area (Å²) in [5.41, 5.74) is 4.10. The summed E-state index contributed by atoms with van der Waals surface area (Å²) in [4.78, 5) is 7.10. The molecule has 1 saturated heterocycles. The van der Waals surface area contributed by atoms with E-state index in [9.17, 15) is 0 Å². The molecule has 2 fully saturated rings. The summed E-state index contributed by atoms with van der Waals surface area (Å²) in [7, 11) is 1.71. The van der Waals surface area contributed by atoms with Crippen LogP contribution in [0.3, 0.4) is 0 Å². The van der Waals surface area contributed by atoms with Crippen LogP contribution in [0, 0.1) is 11.3 Å². The van der Waals surface area contributed by atoms with E-state index in [1.165, 1.54) is 37.8 Å². The molecule has 1 saturated carbocycles. The van der Waals surface area contributed by atoms with E-state index < -0.39 is 0 Å². The summed E-state index contributed by atoms with van der Waals surface area (Å²) in [6.45, 7) is 2.06. The second-order valence-corrected chi connectivity index (χ2v) is 9.88. The monoisotopic (exact) mass is 481 g/mol. The predicted octanol–water partition coefficient (Wildman–Crippen LogP) is 5.61. The minimum absolute atomic E-state index is 0.351. The van der Waals surface area contributed by atoms with Crippen molar-refractivity contribution in [2.45, 2.75) is 56.7 Å². The van der Waals surface area contributed by atoms with Crippen LogP contribution in [0.2, 0.25) is 0 Å². The molecule has 36 heavy (non-hydrogen) atoms. The molecule has 0 amide bonds. The van der Waals surface area contributed by atoms with Gasteiger partial charge in [0.1, 0.15) is 11.6 Å². The molecular weight excluding hydrogens is 446 g/mol. The van der Waals surface area contributed by atoms with Crippen molar-refractivity contribution >= 4 is 11.5 Å². The molecule has 0 bridgehead atoms. The first-order valence-electron chi connectivity index (χ1n) is 13.1. The minimum atomic E-state index is 0.351. The fourth-order valence-corrected chi connectivity index (χ4v) is 5.65. The number of anilines is 2. The van der Waals surface area contributed by atoms with Crippen LogP contribution < -0.4 is 20.3 Å². The molecule has 6 nitrogen and oxygen atoms in total. The van der Waals surface area contributed by atoms with Crippen molar-refractivity contribution in [3.8, 4) is 22.9 Å². The van der Waals surface area contributed by atoms with Gasteiger partial charge < -0.3 is 20.3 Å². The van der Waals surface area contributed by atoms with Gasteiger partial charge in [-0.3, -0.25) is 0 Å². The number of hydrogen-bond acceptors (Lipinski definition) is 6. The van der Waals surface area contributed by atoms with Gasteiger partial charge in [0.25, 0.3) is 0 Å². The SMILES string of the molecule is COc1ccccc1-c1ccnc(N[C@@H]2CCCC[C@H]2N[C@H]2CCCN(c3ccc(C#N)cc3)C2)c1. The molecule has 0 spiro atoms. The quantitative estimate of drug-likeness (QED) is 0.457. The number of methoxy groups -OCH3 is 1. The van der Waals surface area contributed by atoms with E-state index in [1.54, 1.807) is 7.11 Å². The zero-order chi connectivity index (χ0) is 24.7. The topological polar surface area (TPSA) is 73.2 Å². The van der Waals surface area contributed by atoms with Gasteiger partial charge in [-0.2, -0.15) is 5.26 Å². The molecule has 3 aromatic rings.